The van der Waals surface area contributed by atoms with Gasteiger partial charge in [0.25, 0.3) is 0 Å². The summed E-state index contributed by atoms with van der Waals surface area (Å²) in [6, 6.07) is 0. The summed E-state index contributed by atoms with van der Waals surface area (Å²) in [5, 5.41) is 10.4. The van der Waals surface area contributed by atoms with Crippen LogP contribution in [0.4, 0.5) is 0 Å². The second-order valence-electron chi connectivity index (χ2n) is 5.23. The lowest BCUT2D eigenvalue weighted by Gasteiger charge is -2.38. The van der Waals surface area contributed by atoms with E-state index in [0.29, 0.717) is 0 Å². The number of hydrogen-bond donors (Lipinski definition) is 1. The molecule has 0 saturated heterocycles. The fourth-order valence-electron chi connectivity index (χ4n) is 2.85. The molecule has 1 heteroatoms. The molecule has 0 aromatic rings. The van der Waals surface area contributed by atoms with Crippen LogP contribution in [0.25, 0.3) is 0 Å². The largest absolute Gasteiger partial charge is 0.393 e. The monoisotopic (exact) mass is 228 g/mol. The minimum Gasteiger partial charge on any atom is -0.393 e. The molecule has 0 aliphatic rings. The summed E-state index contributed by atoms with van der Waals surface area (Å²) < 4.78 is 0. The molecule has 0 bridgehead atoms. The molecule has 2 atom stereocenters. The molecule has 0 aromatic heterocycles. The van der Waals surface area contributed by atoms with E-state index in [0.717, 1.165) is 19.3 Å². The fourth-order valence-corrected chi connectivity index (χ4v) is 2.85. The Balaban J connectivity index is 4.42. The Morgan fingerprint density at radius 1 is 0.875 bits per heavy atom. The fraction of sp³-hybridized carbons (Fsp3) is 1.00. The van der Waals surface area contributed by atoms with Gasteiger partial charge in [-0.15, -0.1) is 0 Å². The van der Waals surface area contributed by atoms with Gasteiger partial charge in [-0.2, -0.15) is 0 Å². The highest BCUT2D eigenvalue weighted by Gasteiger charge is 2.33. The first-order valence-electron chi connectivity index (χ1n) is 7.34. The topological polar surface area (TPSA) is 20.2 Å². The van der Waals surface area contributed by atoms with Gasteiger partial charge in [-0.25, -0.2) is 0 Å². The molecule has 0 fully saturated rings. The lowest BCUT2D eigenvalue weighted by Crippen LogP contribution is -2.34. The summed E-state index contributed by atoms with van der Waals surface area (Å²) in [7, 11) is 0. The van der Waals surface area contributed by atoms with Gasteiger partial charge < -0.3 is 5.11 Å². The van der Waals surface area contributed by atoms with Gasteiger partial charge in [-0.05, 0) is 31.1 Å². The smallest absolute Gasteiger partial charge is 0.0596 e. The van der Waals surface area contributed by atoms with Crippen molar-refractivity contribution in [3.8, 4) is 0 Å². The molecule has 0 amide bonds. The second-order valence-corrected chi connectivity index (χ2v) is 5.23. The van der Waals surface area contributed by atoms with E-state index in [-0.39, 0.29) is 11.5 Å². The van der Waals surface area contributed by atoms with Crippen molar-refractivity contribution in [1.82, 2.24) is 0 Å². The van der Waals surface area contributed by atoms with Gasteiger partial charge in [0.2, 0.25) is 0 Å². The molecule has 98 valence electrons. The van der Waals surface area contributed by atoms with E-state index in [1.54, 1.807) is 0 Å². The van der Waals surface area contributed by atoms with Crippen LogP contribution in [0.5, 0.6) is 0 Å². The lowest BCUT2D eigenvalue weighted by molar-refractivity contribution is -0.00131. The average Bonchev–Trinajstić information content (AvgIpc) is 2.28. The van der Waals surface area contributed by atoms with Gasteiger partial charge in [0.15, 0.2) is 0 Å². The van der Waals surface area contributed by atoms with Gasteiger partial charge in [0, 0.05) is 0 Å². The first-order chi connectivity index (χ1) is 7.66. The molecule has 0 rings (SSSR count). The average molecular weight is 228 g/mol. The molecule has 2 unspecified atom stereocenters. The molecule has 0 radical (unpaired) electrons. The number of unbranched alkanes of at least 4 members (excludes halogenated alkanes) is 2. The predicted octanol–water partition coefficient (Wildman–Crippen LogP) is 4.92. The van der Waals surface area contributed by atoms with E-state index in [1.807, 2.05) is 0 Å². The Hall–Kier alpha value is -0.0400. The third kappa shape index (κ3) is 4.86. The molecule has 0 spiro atoms. The minimum atomic E-state index is -0.0840. The van der Waals surface area contributed by atoms with Crippen molar-refractivity contribution >= 4 is 0 Å². The van der Waals surface area contributed by atoms with E-state index < -0.39 is 0 Å². The van der Waals surface area contributed by atoms with Crippen LogP contribution in [0.3, 0.4) is 0 Å². The summed E-state index contributed by atoms with van der Waals surface area (Å²) in [5.41, 5.74) is 0.208. The second kappa shape index (κ2) is 9.04. The highest BCUT2D eigenvalue weighted by molar-refractivity contribution is 4.85. The minimum absolute atomic E-state index is 0.0840. The van der Waals surface area contributed by atoms with Crippen molar-refractivity contribution in [1.29, 1.82) is 0 Å². The third-order valence-corrected chi connectivity index (χ3v) is 4.00. The molecule has 16 heavy (non-hydrogen) atoms. The summed E-state index contributed by atoms with van der Waals surface area (Å²) in [6.07, 6.45) is 10.6. The quantitative estimate of drug-likeness (QED) is 0.526. The summed E-state index contributed by atoms with van der Waals surface area (Å²) >= 11 is 0. The summed E-state index contributed by atoms with van der Waals surface area (Å²) in [4.78, 5) is 0. The predicted molar refractivity (Wildman–Crippen MR) is 72.7 cm³/mol. The van der Waals surface area contributed by atoms with Gasteiger partial charge in [-0.3, -0.25) is 0 Å². The summed E-state index contributed by atoms with van der Waals surface area (Å²) in [5.74, 6) is 0. The Bertz CT molecular complexity index is 156. The molecule has 1 nitrogen and oxygen atoms in total. The maximum atomic E-state index is 10.4. The van der Waals surface area contributed by atoms with Crippen molar-refractivity contribution in [2.75, 3.05) is 0 Å². The van der Waals surface area contributed by atoms with Crippen LogP contribution in [-0.4, -0.2) is 11.2 Å². The summed E-state index contributed by atoms with van der Waals surface area (Å²) in [6.45, 7) is 8.90. The van der Waals surface area contributed by atoms with Crippen LogP contribution >= 0.6 is 0 Å². The molecule has 0 saturated carbocycles. The number of rotatable bonds is 10. The highest BCUT2D eigenvalue weighted by Crippen LogP contribution is 2.39. The van der Waals surface area contributed by atoms with Crippen LogP contribution in [0.2, 0.25) is 0 Å². The van der Waals surface area contributed by atoms with E-state index in [4.69, 9.17) is 0 Å². The van der Waals surface area contributed by atoms with Crippen LogP contribution in [0.1, 0.15) is 85.5 Å². The molecule has 0 aliphatic heterocycles. The zero-order valence-electron chi connectivity index (χ0n) is 11.9. The van der Waals surface area contributed by atoms with E-state index in [2.05, 4.69) is 27.7 Å². The molecular formula is C15H32O. The van der Waals surface area contributed by atoms with Crippen LogP contribution in [0, 0.1) is 5.41 Å². The third-order valence-electron chi connectivity index (χ3n) is 4.00. The van der Waals surface area contributed by atoms with E-state index in [1.165, 1.54) is 38.5 Å². The standard InChI is InChI=1S/C15H32O/c1-5-9-10-13-15(8-4,12-7-3)14(16)11-6-2/h14,16H,5-13H2,1-4H3. The molecule has 0 heterocycles. The van der Waals surface area contributed by atoms with Crippen molar-refractivity contribution in [3.63, 3.8) is 0 Å². The molecule has 0 aromatic carbocycles. The Kier molecular flexibility index (Phi) is 9.02. The van der Waals surface area contributed by atoms with Crippen LogP contribution in [-0.2, 0) is 0 Å². The molecule has 0 aliphatic carbocycles. The maximum Gasteiger partial charge on any atom is 0.0596 e. The van der Waals surface area contributed by atoms with Crippen molar-refractivity contribution in [2.45, 2.75) is 91.6 Å². The zero-order chi connectivity index (χ0) is 12.4. The Morgan fingerprint density at radius 2 is 1.56 bits per heavy atom. The molecular weight excluding hydrogens is 196 g/mol. The van der Waals surface area contributed by atoms with E-state index in [9.17, 15) is 5.11 Å². The first-order valence-corrected chi connectivity index (χ1v) is 7.34. The van der Waals surface area contributed by atoms with Crippen molar-refractivity contribution < 1.29 is 5.11 Å². The van der Waals surface area contributed by atoms with Gasteiger partial charge in [0.1, 0.15) is 0 Å². The van der Waals surface area contributed by atoms with Crippen molar-refractivity contribution in [3.05, 3.63) is 0 Å². The van der Waals surface area contributed by atoms with Gasteiger partial charge in [-0.1, -0.05) is 59.8 Å². The number of hydrogen-bond acceptors (Lipinski definition) is 1. The SMILES string of the molecule is CCCCCC(CC)(CCC)C(O)CCC. The number of aliphatic hydroxyl groups is 1. The van der Waals surface area contributed by atoms with Crippen molar-refractivity contribution in [2.24, 2.45) is 5.41 Å². The first kappa shape index (κ1) is 16.0. The van der Waals surface area contributed by atoms with Gasteiger partial charge >= 0.3 is 0 Å². The van der Waals surface area contributed by atoms with Gasteiger partial charge in [0.05, 0.1) is 6.10 Å². The maximum absolute atomic E-state index is 10.4. The Labute approximate surface area is 103 Å². The zero-order valence-corrected chi connectivity index (χ0v) is 11.9. The van der Waals surface area contributed by atoms with Crippen LogP contribution < -0.4 is 0 Å². The molecule has 1 N–H and O–H groups in total. The van der Waals surface area contributed by atoms with E-state index >= 15 is 0 Å². The Morgan fingerprint density at radius 3 is 2.00 bits per heavy atom. The lowest BCUT2D eigenvalue weighted by atomic mass is 9.71. The normalized spacial score (nSPS) is 17.1. The van der Waals surface area contributed by atoms with Crippen LogP contribution in [0.15, 0.2) is 0 Å². The highest BCUT2D eigenvalue weighted by atomic mass is 16.3. The number of aliphatic hydroxyl groups excluding tert-OH is 1.